The Morgan fingerprint density at radius 3 is 2.25 bits per heavy atom. The van der Waals surface area contributed by atoms with Crippen molar-refractivity contribution in [1.82, 2.24) is 0 Å². The number of methoxy groups -OCH3 is 3. The van der Waals surface area contributed by atoms with Crippen molar-refractivity contribution in [3.63, 3.8) is 0 Å². The van der Waals surface area contributed by atoms with Crippen molar-refractivity contribution in [2.75, 3.05) is 33.3 Å². The summed E-state index contributed by atoms with van der Waals surface area (Å²) in [5.41, 5.74) is 2.53. The fourth-order valence-corrected chi connectivity index (χ4v) is 2.59. The lowest BCUT2D eigenvalue weighted by molar-refractivity contribution is -0.116. The molecule has 0 radical (unpaired) electrons. The van der Waals surface area contributed by atoms with Crippen molar-refractivity contribution in [2.45, 2.75) is 20.3 Å². The van der Waals surface area contributed by atoms with Crippen LogP contribution in [-0.2, 0) is 9.53 Å². The topological polar surface area (TPSA) is 83.1 Å². The largest absolute Gasteiger partial charge is 0.493 e. The molecule has 2 aromatic rings. The van der Waals surface area contributed by atoms with Crippen LogP contribution >= 0.6 is 0 Å². The van der Waals surface area contributed by atoms with Crippen LogP contribution in [0.2, 0.25) is 0 Å². The number of nitrogens with one attached hydrogen (secondary N) is 1. The van der Waals surface area contributed by atoms with Gasteiger partial charge in [0.15, 0.2) is 11.5 Å². The van der Waals surface area contributed by atoms with Gasteiger partial charge in [0.1, 0.15) is 5.75 Å². The minimum absolute atomic E-state index is 0.113. The van der Waals surface area contributed by atoms with Crippen molar-refractivity contribution in [3.8, 4) is 17.2 Å². The number of aryl methyl sites for hydroxylation is 2. The maximum Gasteiger partial charge on any atom is 0.340 e. The van der Waals surface area contributed by atoms with Gasteiger partial charge in [0, 0.05) is 12.1 Å². The maximum absolute atomic E-state index is 12.4. The van der Waals surface area contributed by atoms with E-state index >= 15 is 0 Å². The van der Waals surface area contributed by atoms with Crippen molar-refractivity contribution in [1.29, 1.82) is 0 Å². The first kappa shape index (κ1) is 21.1. The minimum atomic E-state index is -0.595. The molecule has 0 atom stereocenters. The number of rotatable bonds is 8. The van der Waals surface area contributed by atoms with Crippen LogP contribution in [0, 0.1) is 13.8 Å². The van der Waals surface area contributed by atoms with E-state index in [1.165, 1.54) is 33.5 Å². The Kier molecular flexibility index (Phi) is 7.26. The van der Waals surface area contributed by atoms with Gasteiger partial charge in [-0.3, -0.25) is 4.79 Å². The number of hydrogen-bond donors (Lipinski definition) is 1. The summed E-state index contributed by atoms with van der Waals surface area (Å²) in [5.74, 6) is 0.593. The van der Waals surface area contributed by atoms with Gasteiger partial charge in [0.05, 0.1) is 45.6 Å². The molecule has 1 amide bonds. The lowest BCUT2D eigenvalue weighted by Crippen LogP contribution is -2.18. The quantitative estimate of drug-likeness (QED) is 0.698. The summed E-state index contributed by atoms with van der Waals surface area (Å²) in [4.78, 5) is 24.4. The van der Waals surface area contributed by atoms with E-state index in [9.17, 15) is 9.59 Å². The Bertz CT molecular complexity index is 862. The zero-order valence-electron chi connectivity index (χ0n) is 16.8. The predicted octanol–water partition coefficient (Wildman–Crippen LogP) is 3.51. The summed E-state index contributed by atoms with van der Waals surface area (Å²) >= 11 is 0. The molecule has 0 spiro atoms. The molecule has 28 heavy (non-hydrogen) atoms. The number of ether oxygens (including phenoxy) is 4. The third kappa shape index (κ3) is 5.16. The molecular weight excluding hydrogens is 362 g/mol. The second-order valence-electron chi connectivity index (χ2n) is 6.16. The van der Waals surface area contributed by atoms with Gasteiger partial charge >= 0.3 is 5.97 Å². The monoisotopic (exact) mass is 387 g/mol. The number of benzene rings is 2. The van der Waals surface area contributed by atoms with Crippen LogP contribution in [0.5, 0.6) is 17.2 Å². The van der Waals surface area contributed by atoms with Gasteiger partial charge in [-0.05, 0) is 31.0 Å². The van der Waals surface area contributed by atoms with Crippen LogP contribution in [0.3, 0.4) is 0 Å². The van der Waals surface area contributed by atoms with Gasteiger partial charge in [0.2, 0.25) is 5.91 Å². The fourth-order valence-electron chi connectivity index (χ4n) is 2.59. The molecule has 2 aromatic carbocycles. The Morgan fingerprint density at radius 1 is 0.929 bits per heavy atom. The molecule has 0 aliphatic carbocycles. The molecule has 0 unspecified atom stereocenters. The summed E-state index contributed by atoms with van der Waals surface area (Å²) < 4.78 is 20.9. The number of hydrogen-bond acceptors (Lipinski definition) is 6. The zero-order valence-corrected chi connectivity index (χ0v) is 16.8. The second kappa shape index (κ2) is 9.64. The molecule has 0 bridgehead atoms. The third-order valence-electron chi connectivity index (χ3n) is 4.13. The molecule has 0 aliphatic heterocycles. The van der Waals surface area contributed by atoms with Crippen molar-refractivity contribution in [2.24, 2.45) is 0 Å². The highest BCUT2D eigenvalue weighted by Gasteiger charge is 2.19. The standard InChI is InChI=1S/C21H25NO6/c1-13-6-7-14(2)17(10-13)28-9-8-20(23)22-16-12-19(26-4)18(25-3)11-15(16)21(24)27-5/h6-7,10-12H,8-9H2,1-5H3,(H,22,23). The molecule has 7 nitrogen and oxygen atoms in total. The zero-order chi connectivity index (χ0) is 20.7. The molecule has 0 fully saturated rings. The van der Waals surface area contributed by atoms with Crippen LogP contribution in [0.15, 0.2) is 30.3 Å². The number of amides is 1. The van der Waals surface area contributed by atoms with E-state index < -0.39 is 5.97 Å². The summed E-state index contributed by atoms with van der Waals surface area (Å²) in [7, 11) is 4.20. The first-order chi connectivity index (χ1) is 13.4. The smallest absolute Gasteiger partial charge is 0.340 e. The van der Waals surface area contributed by atoms with Crippen LogP contribution < -0.4 is 19.5 Å². The minimum Gasteiger partial charge on any atom is -0.493 e. The van der Waals surface area contributed by atoms with E-state index in [4.69, 9.17) is 18.9 Å². The van der Waals surface area contributed by atoms with E-state index in [2.05, 4.69) is 5.32 Å². The molecule has 1 N–H and O–H groups in total. The summed E-state index contributed by atoms with van der Waals surface area (Å²) in [6.45, 7) is 4.13. The maximum atomic E-state index is 12.4. The molecule has 0 aliphatic rings. The number of carbonyl (C=O) groups excluding carboxylic acids is 2. The lowest BCUT2D eigenvalue weighted by atomic mass is 10.1. The van der Waals surface area contributed by atoms with Gasteiger partial charge in [-0.15, -0.1) is 0 Å². The van der Waals surface area contributed by atoms with Gasteiger partial charge in [-0.2, -0.15) is 0 Å². The van der Waals surface area contributed by atoms with Crippen molar-refractivity contribution in [3.05, 3.63) is 47.0 Å². The Labute approximate surface area is 164 Å². The second-order valence-corrected chi connectivity index (χ2v) is 6.16. The molecular formula is C21H25NO6. The lowest BCUT2D eigenvalue weighted by Gasteiger charge is -2.15. The van der Waals surface area contributed by atoms with Crippen molar-refractivity contribution < 1.29 is 28.5 Å². The highest BCUT2D eigenvalue weighted by Crippen LogP contribution is 2.33. The summed E-state index contributed by atoms with van der Waals surface area (Å²) in [6, 6.07) is 8.88. The Hall–Kier alpha value is -3.22. The average molecular weight is 387 g/mol. The number of esters is 1. The van der Waals surface area contributed by atoms with Gasteiger partial charge in [0.25, 0.3) is 0 Å². The molecule has 2 rings (SSSR count). The van der Waals surface area contributed by atoms with Crippen molar-refractivity contribution >= 4 is 17.6 Å². The molecule has 0 saturated heterocycles. The number of anilines is 1. The highest BCUT2D eigenvalue weighted by molar-refractivity contribution is 6.02. The Morgan fingerprint density at radius 2 is 1.61 bits per heavy atom. The van der Waals surface area contributed by atoms with Crippen LogP contribution in [0.4, 0.5) is 5.69 Å². The first-order valence-electron chi connectivity index (χ1n) is 8.73. The third-order valence-corrected chi connectivity index (χ3v) is 4.13. The van der Waals surface area contributed by atoms with E-state index in [-0.39, 0.29) is 30.2 Å². The van der Waals surface area contributed by atoms with E-state index in [0.717, 1.165) is 16.9 Å². The van der Waals surface area contributed by atoms with E-state index in [0.29, 0.717) is 11.5 Å². The molecule has 7 heteroatoms. The highest BCUT2D eigenvalue weighted by atomic mass is 16.5. The van der Waals surface area contributed by atoms with Crippen LogP contribution in [-0.4, -0.2) is 39.8 Å². The van der Waals surface area contributed by atoms with Gasteiger partial charge in [-0.1, -0.05) is 12.1 Å². The van der Waals surface area contributed by atoms with E-state index in [1.54, 1.807) is 0 Å². The predicted molar refractivity (Wildman–Crippen MR) is 106 cm³/mol. The first-order valence-corrected chi connectivity index (χ1v) is 8.73. The van der Waals surface area contributed by atoms with E-state index in [1.807, 2.05) is 32.0 Å². The van der Waals surface area contributed by atoms with Gasteiger partial charge in [-0.25, -0.2) is 4.79 Å². The molecule has 0 aromatic heterocycles. The van der Waals surface area contributed by atoms with Crippen LogP contribution in [0.1, 0.15) is 27.9 Å². The molecule has 0 saturated carbocycles. The number of carbonyl (C=O) groups is 2. The average Bonchev–Trinajstić information content (AvgIpc) is 2.69. The van der Waals surface area contributed by atoms with Crippen LogP contribution in [0.25, 0.3) is 0 Å². The summed E-state index contributed by atoms with van der Waals surface area (Å²) in [6.07, 6.45) is 0.113. The molecule has 150 valence electrons. The van der Waals surface area contributed by atoms with Gasteiger partial charge < -0.3 is 24.3 Å². The Balaban J connectivity index is 2.09. The summed E-state index contributed by atoms with van der Waals surface area (Å²) in [5, 5.41) is 2.71. The molecule has 0 heterocycles. The SMILES string of the molecule is COC(=O)c1cc(OC)c(OC)cc1NC(=O)CCOc1cc(C)ccc1C. The fraction of sp³-hybridized carbons (Fsp3) is 0.333. The normalized spacial score (nSPS) is 10.2.